The molecule has 1 aliphatic rings. The Morgan fingerprint density at radius 2 is 1.71 bits per heavy atom. The zero-order valence-electron chi connectivity index (χ0n) is 14.8. The van der Waals surface area contributed by atoms with Crippen LogP contribution in [0.1, 0.15) is 10.4 Å². The highest BCUT2D eigenvalue weighted by Crippen LogP contribution is 2.34. The van der Waals surface area contributed by atoms with E-state index in [4.69, 9.17) is 21.6 Å². The number of amides is 1. The van der Waals surface area contributed by atoms with E-state index >= 15 is 0 Å². The van der Waals surface area contributed by atoms with Crippen LogP contribution in [-0.4, -0.2) is 22.5 Å². The Balaban J connectivity index is 1.75. The fourth-order valence-electron chi connectivity index (χ4n) is 3.44. The van der Waals surface area contributed by atoms with Crippen molar-refractivity contribution in [3.05, 3.63) is 83.4 Å². The van der Waals surface area contributed by atoms with Gasteiger partial charge >= 0.3 is 0 Å². The van der Waals surface area contributed by atoms with E-state index < -0.39 is 0 Å². The van der Waals surface area contributed by atoms with Gasteiger partial charge in [-0.3, -0.25) is 9.69 Å². The van der Waals surface area contributed by atoms with Crippen molar-refractivity contribution in [3.63, 3.8) is 0 Å². The highest BCUT2D eigenvalue weighted by molar-refractivity contribution is 6.31. The zero-order valence-corrected chi connectivity index (χ0v) is 15.5. The number of fused-ring (bicyclic) bond motifs is 2. The summed E-state index contributed by atoms with van der Waals surface area (Å²) in [6.07, 6.45) is 0. The van der Waals surface area contributed by atoms with Crippen LogP contribution in [0, 0.1) is 0 Å². The Morgan fingerprint density at radius 3 is 2.57 bits per heavy atom. The first-order valence-corrected chi connectivity index (χ1v) is 9.26. The van der Waals surface area contributed by atoms with Crippen LogP contribution < -0.4 is 10.2 Å². The molecule has 1 N–H and O–H groups in total. The van der Waals surface area contributed by atoms with Crippen molar-refractivity contribution in [2.45, 2.75) is 0 Å². The van der Waals surface area contributed by atoms with Crippen LogP contribution in [0.4, 0.5) is 11.6 Å². The molecule has 0 bridgehead atoms. The van der Waals surface area contributed by atoms with E-state index in [0.717, 1.165) is 27.8 Å². The third-order valence-corrected chi connectivity index (χ3v) is 5.01. The van der Waals surface area contributed by atoms with Gasteiger partial charge < -0.3 is 5.32 Å². The Morgan fingerprint density at radius 1 is 0.929 bits per heavy atom. The maximum atomic E-state index is 12.2. The Labute approximate surface area is 166 Å². The number of aromatic nitrogens is 2. The fraction of sp³-hybridized carbons (Fsp3) is 0.0455. The number of para-hydroxylation sites is 1. The van der Waals surface area contributed by atoms with E-state index in [1.54, 1.807) is 6.07 Å². The summed E-state index contributed by atoms with van der Waals surface area (Å²) in [5, 5.41) is 4.41. The summed E-state index contributed by atoms with van der Waals surface area (Å²) in [7, 11) is 0. The Hall–Kier alpha value is -3.44. The lowest BCUT2D eigenvalue weighted by Crippen LogP contribution is -2.41. The molecule has 1 amide bonds. The maximum absolute atomic E-state index is 12.2. The van der Waals surface area contributed by atoms with Gasteiger partial charge in [-0.2, -0.15) is 0 Å². The molecule has 3 aromatic carbocycles. The summed E-state index contributed by atoms with van der Waals surface area (Å²) in [6.45, 7) is 0.309. The fourth-order valence-corrected chi connectivity index (χ4v) is 3.61. The van der Waals surface area contributed by atoms with Crippen LogP contribution in [0.15, 0.2) is 72.8 Å². The minimum atomic E-state index is -0.0947. The van der Waals surface area contributed by atoms with Crippen molar-refractivity contribution in [2.24, 2.45) is 0 Å². The molecular formula is C22H15ClN4O. The Bertz CT molecular complexity index is 1210. The SMILES string of the molecule is O=C1NCN(c2nc(-c3ccccc3)c3cc(Cl)ccc3n2)c2ccccc21. The highest BCUT2D eigenvalue weighted by atomic mass is 35.5. The van der Waals surface area contributed by atoms with Crippen molar-refractivity contribution >= 4 is 40.0 Å². The first-order valence-electron chi connectivity index (χ1n) is 8.88. The molecule has 5 rings (SSSR count). The smallest absolute Gasteiger partial charge is 0.254 e. The minimum Gasteiger partial charge on any atom is -0.334 e. The topological polar surface area (TPSA) is 58.1 Å². The molecular weight excluding hydrogens is 372 g/mol. The first-order chi connectivity index (χ1) is 13.7. The largest absolute Gasteiger partial charge is 0.334 e. The second-order valence-electron chi connectivity index (χ2n) is 6.51. The van der Waals surface area contributed by atoms with E-state index in [2.05, 4.69) is 5.32 Å². The number of carbonyl (C=O) groups excluding carboxylic acids is 1. The number of nitrogens with zero attached hydrogens (tertiary/aromatic N) is 3. The molecule has 0 radical (unpaired) electrons. The lowest BCUT2D eigenvalue weighted by molar-refractivity contribution is 0.0949. The maximum Gasteiger partial charge on any atom is 0.254 e. The van der Waals surface area contributed by atoms with Crippen molar-refractivity contribution in [1.82, 2.24) is 15.3 Å². The van der Waals surface area contributed by atoms with Gasteiger partial charge in [-0.25, -0.2) is 9.97 Å². The molecule has 1 aliphatic heterocycles. The number of halogens is 1. The molecule has 4 aromatic rings. The molecule has 0 spiro atoms. The van der Waals surface area contributed by atoms with Gasteiger partial charge in [0, 0.05) is 16.0 Å². The zero-order chi connectivity index (χ0) is 19.1. The molecule has 0 fully saturated rings. The molecule has 5 nitrogen and oxygen atoms in total. The summed E-state index contributed by atoms with van der Waals surface area (Å²) < 4.78 is 0. The van der Waals surface area contributed by atoms with Crippen LogP contribution in [-0.2, 0) is 0 Å². The lowest BCUT2D eigenvalue weighted by atomic mass is 10.1. The predicted octanol–water partition coefficient (Wildman–Crippen LogP) is 4.79. The van der Waals surface area contributed by atoms with E-state index in [9.17, 15) is 4.79 Å². The molecule has 1 aromatic heterocycles. The highest BCUT2D eigenvalue weighted by Gasteiger charge is 2.25. The third-order valence-electron chi connectivity index (χ3n) is 4.77. The summed E-state index contributed by atoms with van der Waals surface area (Å²) in [5.74, 6) is 0.434. The Kier molecular flexibility index (Phi) is 3.95. The van der Waals surface area contributed by atoms with Crippen molar-refractivity contribution in [1.29, 1.82) is 0 Å². The molecule has 2 heterocycles. The number of hydrogen-bond acceptors (Lipinski definition) is 4. The van der Waals surface area contributed by atoms with Crippen molar-refractivity contribution < 1.29 is 4.79 Å². The minimum absolute atomic E-state index is 0.0947. The average Bonchev–Trinajstić information content (AvgIpc) is 2.74. The summed E-state index contributed by atoms with van der Waals surface area (Å²) in [5.41, 5.74) is 3.97. The van der Waals surface area contributed by atoms with Gasteiger partial charge in [-0.05, 0) is 30.3 Å². The molecule has 136 valence electrons. The molecule has 0 unspecified atom stereocenters. The molecule has 0 saturated heterocycles. The number of carbonyl (C=O) groups is 1. The van der Waals surface area contributed by atoms with Gasteiger partial charge in [0.2, 0.25) is 5.95 Å². The number of rotatable bonds is 2. The molecule has 28 heavy (non-hydrogen) atoms. The van der Waals surface area contributed by atoms with Crippen LogP contribution in [0.25, 0.3) is 22.2 Å². The average molecular weight is 387 g/mol. The second kappa shape index (κ2) is 6.62. The van der Waals surface area contributed by atoms with Crippen LogP contribution in [0.2, 0.25) is 5.02 Å². The van der Waals surface area contributed by atoms with Gasteiger partial charge in [0.25, 0.3) is 5.91 Å². The standard InChI is InChI=1S/C22H15ClN4O/c23-15-10-11-18-17(12-15)20(14-6-2-1-3-7-14)26-22(25-18)27-13-24-21(28)16-8-4-5-9-19(16)27/h1-12H,13H2,(H,24,28). The molecule has 0 aliphatic carbocycles. The summed E-state index contributed by atoms with van der Waals surface area (Å²) in [6, 6.07) is 23.0. The van der Waals surface area contributed by atoms with Gasteiger partial charge in [-0.15, -0.1) is 0 Å². The van der Waals surface area contributed by atoms with Crippen LogP contribution >= 0.6 is 11.6 Å². The molecule has 0 atom stereocenters. The number of anilines is 2. The summed E-state index contributed by atoms with van der Waals surface area (Å²) >= 11 is 6.24. The first kappa shape index (κ1) is 16.7. The van der Waals surface area contributed by atoms with E-state index in [1.807, 2.05) is 71.6 Å². The van der Waals surface area contributed by atoms with Crippen LogP contribution in [0.5, 0.6) is 0 Å². The van der Waals surface area contributed by atoms with Gasteiger partial charge in [-0.1, -0.05) is 54.1 Å². The second-order valence-corrected chi connectivity index (χ2v) is 6.95. The summed E-state index contributed by atoms with van der Waals surface area (Å²) in [4.78, 5) is 23.7. The van der Waals surface area contributed by atoms with E-state index in [-0.39, 0.29) is 5.91 Å². The van der Waals surface area contributed by atoms with Gasteiger partial charge in [0.15, 0.2) is 0 Å². The van der Waals surface area contributed by atoms with Gasteiger partial charge in [0.1, 0.15) is 0 Å². The number of nitrogens with one attached hydrogen (secondary N) is 1. The van der Waals surface area contributed by atoms with E-state index in [1.165, 1.54) is 0 Å². The predicted molar refractivity (Wildman–Crippen MR) is 111 cm³/mol. The monoisotopic (exact) mass is 386 g/mol. The third kappa shape index (κ3) is 2.77. The van der Waals surface area contributed by atoms with Crippen molar-refractivity contribution in [2.75, 3.05) is 11.6 Å². The number of benzene rings is 3. The van der Waals surface area contributed by atoms with Crippen LogP contribution in [0.3, 0.4) is 0 Å². The van der Waals surface area contributed by atoms with E-state index in [0.29, 0.717) is 23.2 Å². The van der Waals surface area contributed by atoms with Gasteiger partial charge in [0.05, 0.1) is 29.1 Å². The quantitative estimate of drug-likeness (QED) is 0.538. The number of hydrogen-bond donors (Lipinski definition) is 1. The lowest BCUT2D eigenvalue weighted by Gasteiger charge is -2.29. The molecule has 0 saturated carbocycles. The molecule has 6 heteroatoms. The van der Waals surface area contributed by atoms with Crippen molar-refractivity contribution in [3.8, 4) is 11.3 Å². The normalized spacial score (nSPS) is 13.3.